The van der Waals surface area contributed by atoms with Crippen molar-refractivity contribution in [2.45, 2.75) is 4.90 Å². The molecule has 0 aliphatic heterocycles. The van der Waals surface area contributed by atoms with Crippen LogP contribution in [0.5, 0.6) is 0 Å². The van der Waals surface area contributed by atoms with Crippen LogP contribution in [0.15, 0.2) is 32.7 Å². The predicted octanol–water partition coefficient (Wildman–Crippen LogP) is 0.414. The minimum absolute atomic E-state index is 0.0312. The van der Waals surface area contributed by atoms with E-state index in [1.54, 1.807) is 0 Å². The van der Waals surface area contributed by atoms with Crippen molar-refractivity contribution < 1.29 is 13.0 Å². The summed E-state index contributed by atoms with van der Waals surface area (Å²) in [4.78, 5) is 22.2. The van der Waals surface area contributed by atoms with E-state index in [2.05, 4.69) is 0 Å². The molecule has 0 atom stereocenters. The summed E-state index contributed by atoms with van der Waals surface area (Å²) in [6.45, 7) is 0. The smallest absolute Gasteiger partial charge is 0.282 e. The van der Waals surface area contributed by atoms with Crippen LogP contribution in [-0.4, -0.2) is 21.1 Å². The van der Waals surface area contributed by atoms with Crippen molar-refractivity contribution >= 4 is 44.7 Å². The van der Waals surface area contributed by atoms with Gasteiger partial charge in [0.1, 0.15) is 0 Å². The molecule has 18 heavy (non-hydrogen) atoms. The van der Waals surface area contributed by atoms with Crippen LogP contribution in [0.1, 0.15) is 0 Å². The predicted molar refractivity (Wildman–Crippen MR) is 64.8 cm³/mol. The van der Waals surface area contributed by atoms with Gasteiger partial charge >= 0.3 is 11.1 Å². The van der Waals surface area contributed by atoms with Gasteiger partial charge in [-0.2, -0.15) is 8.42 Å². The van der Waals surface area contributed by atoms with Gasteiger partial charge in [0.15, 0.2) is 0 Å². The normalized spacial score (nSPS) is 11.9. The molecule has 2 aromatic rings. The van der Waals surface area contributed by atoms with E-state index in [1.165, 1.54) is 0 Å². The van der Waals surface area contributed by atoms with Crippen molar-refractivity contribution in [1.82, 2.24) is 8.17 Å². The van der Waals surface area contributed by atoms with Gasteiger partial charge in [0.2, 0.25) is 0 Å². The number of aromatic nitrogens is 2. The number of rotatable bonds is 1. The van der Waals surface area contributed by atoms with Gasteiger partial charge < -0.3 is 0 Å². The first-order valence-corrected chi connectivity index (χ1v) is 6.46. The number of fused-ring (bicyclic) bond motifs is 1. The third kappa shape index (κ3) is 1.93. The third-order valence-electron chi connectivity index (χ3n) is 2.21. The van der Waals surface area contributed by atoms with E-state index in [9.17, 15) is 18.0 Å². The zero-order chi connectivity index (χ0) is 13.7. The van der Waals surface area contributed by atoms with E-state index in [0.717, 1.165) is 18.2 Å². The minimum Gasteiger partial charge on any atom is -0.282 e. The molecule has 1 heterocycles. The van der Waals surface area contributed by atoms with Gasteiger partial charge in [-0.1, -0.05) is 0 Å². The van der Waals surface area contributed by atoms with Crippen molar-refractivity contribution in [2.24, 2.45) is 0 Å². The standard InChI is InChI=1S/C8H4Cl2N2O5S/c9-11-5-2-1-4(18(15,16)17)3-6(5)12(10)8(14)7(11)13/h1-3H,(H,15,16,17). The van der Waals surface area contributed by atoms with E-state index in [1.807, 2.05) is 0 Å². The summed E-state index contributed by atoms with van der Waals surface area (Å²) < 4.78 is 31.7. The highest BCUT2D eigenvalue weighted by Gasteiger charge is 2.15. The summed E-state index contributed by atoms with van der Waals surface area (Å²) in [6.07, 6.45) is 0. The minimum atomic E-state index is -4.45. The molecule has 1 aromatic heterocycles. The summed E-state index contributed by atoms with van der Waals surface area (Å²) in [7, 11) is -4.45. The van der Waals surface area contributed by atoms with Crippen molar-refractivity contribution in [1.29, 1.82) is 0 Å². The average Bonchev–Trinajstić information content (AvgIpc) is 2.32. The van der Waals surface area contributed by atoms with Crippen LogP contribution in [0.4, 0.5) is 0 Å². The number of halogens is 2. The van der Waals surface area contributed by atoms with E-state index >= 15 is 0 Å². The molecule has 1 N–H and O–H groups in total. The highest BCUT2D eigenvalue weighted by molar-refractivity contribution is 7.85. The summed E-state index contributed by atoms with van der Waals surface area (Å²) in [5, 5.41) is 0. The van der Waals surface area contributed by atoms with Gasteiger partial charge in [-0.25, -0.2) is 8.17 Å². The molecular formula is C8H4Cl2N2O5S. The Kier molecular flexibility index (Phi) is 2.98. The molecule has 0 saturated carbocycles. The molecule has 0 radical (unpaired) electrons. The Morgan fingerprint density at radius 1 is 1.00 bits per heavy atom. The van der Waals surface area contributed by atoms with Crippen LogP contribution in [0.3, 0.4) is 0 Å². The highest BCUT2D eigenvalue weighted by atomic mass is 35.5. The fourth-order valence-corrected chi connectivity index (χ4v) is 2.30. The second-order valence-electron chi connectivity index (χ2n) is 3.30. The molecule has 96 valence electrons. The van der Waals surface area contributed by atoms with Crippen molar-refractivity contribution in [3.63, 3.8) is 0 Å². The number of hydrogen-bond donors (Lipinski definition) is 1. The molecule has 0 aliphatic rings. The molecule has 2 rings (SSSR count). The van der Waals surface area contributed by atoms with E-state index < -0.39 is 26.1 Å². The van der Waals surface area contributed by atoms with Gasteiger partial charge in [0.25, 0.3) is 10.1 Å². The first kappa shape index (κ1) is 13.1. The topological polar surface area (TPSA) is 98.4 Å². The number of nitrogens with zero attached hydrogens (tertiary/aromatic N) is 2. The van der Waals surface area contributed by atoms with Crippen LogP contribution >= 0.6 is 23.6 Å². The van der Waals surface area contributed by atoms with Crippen molar-refractivity contribution in [2.75, 3.05) is 0 Å². The fourth-order valence-electron chi connectivity index (χ4n) is 1.37. The highest BCUT2D eigenvalue weighted by Crippen LogP contribution is 2.18. The lowest BCUT2D eigenvalue weighted by Gasteiger charge is -2.06. The van der Waals surface area contributed by atoms with Gasteiger partial charge in [-0.15, -0.1) is 0 Å². The Labute approximate surface area is 110 Å². The third-order valence-corrected chi connectivity index (χ3v) is 3.73. The Morgan fingerprint density at radius 2 is 1.50 bits per heavy atom. The Bertz CT molecular complexity index is 867. The molecule has 0 fully saturated rings. The lowest BCUT2D eigenvalue weighted by molar-refractivity contribution is 0.483. The summed E-state index contributed by atoms with van der Waals surface area (Å²) >= 11 is 11.2. The van der Waals surface area contributed by atoms with Gasteiger partial charge in [0, 0.05) is 23.6 Å². The molecule has 0 spiro atoms. The molecular weight excluding hydrogens is 307 g/mol. The van der Waals surface area contributed by atoms with Crippen molar-refractivity contribution in [3.8, 4) is 0 Å². The SMILES string of the molecule is O=c1c(=O)n(Cl)c2cc(S(=O)(=O)O)ccc2n1Cl. The molecule has 0 bridgehead atoms. The Balaban J connectivity index is 3.05. The molecule has 1 aromatic carbocycles. The summed E-state index contributed by atoms with van der Waals surface area (Å²) in [5.74, 6) is 0. The molecule has 0 aliphatic carbocycles. The molecule has 0 unspecified atom stereocenters. The second-order valence-corrected chi connectivity index (χ2v) is 5.40. The quantitative estimate of drug-likeness (QED) is 0.608. The van der Waals surface area contributed by atoms with E-state index in [-0.39, 0.29) is 11.0 Å². The lowest BCUT2D eigenvalue weighted by Crippen LogP contribution is -2.36. The molecule has 7 nitrogen and oxygen atoms in total. The Morgan fingerprint density at radius 3 is 2.00 bits per heavy atom. The van der Waals surface area contributed by atoms with Crippen molar-refractivity contribution in [3.05, 3.63) is 38.9 Å². The maximum absolute atomic E-state index is 11.4. The second kappa shape index (κ2) is 4.09. The van der Waals surface area contributed by atoms with Crippen LogP contribution in [0.2, 0.25) is 0 Å². The fraction of sp³-hybridized carbons (Fsp3) is 0. The average molecular weight is 311 g/mol. The number of benzene rings is 1. The van der Waals surface area contributed by atoms with Gasteiger partial charge in [-0.3, -0.25) is 14.1 Å². The van der Waals surface area contributed by atoms with E-state index in [0.29, 0.717) is 8.17 Å². The first-order valence-electron chi connectivity index (χ1n) is 4.35. The lowest BCUT2D eigenvalue weighted by atomic mass is 10.3. The summed E-state index contributed by atoms with van der Waals surface area (Å²) in [6, 6.07) is 3.10. The summed E-state index contributed by atoms with van der Waals surface area (Å²) in [5.41, 5.74) is -2.29. The van der Waals surface area contributed by atoms with Crippen LogP contribution in [-0.2, 0) is 10.1 Å². The van der Waals surface area contributed by atoms with Gasteiger partial charge in [0.05, 0.1) is 15.9 Å². The van der Waals surface area contributed by atoms with Crippen LogP contribution < -0.4 is 11.1 Å². The first-order chi connectivity index (χ1) is 8.23. The van der Waals surface area contributed by atoms with Crippen LogP contribution in [0.25, 0.3) is 11.0 Å². The Hall–Kier alpha value is -1.35. The zero-order valence-electron chi connectivity index (χ0n) is 8.37. The maximum Gasteiger partial charge on any atom is 0.332 e. The largest absolute Gasteiger partial charge is 0.332 e. The monoisotopic (exact) mass is 310 g/mol. The molecule has 0 amide bonds. The van der Waals surface area contributed by atoms with Gasteiger partial charge in [-0.05, 0) is 18.2 Å². The van der Waals surface area contributed by atoms with E-state index in [4.69, 9.17) is 28.1 Å². The molecule has 0 saturated heterocycles. The number of hydrogen-bond acceptors (Lipinski definition) is 4. The zero-order valence-corrected chi connectivity index (χ0v) is 10.7. The maximum atomic E-state index is 11.4. The molecule has 10 heteroatoms. The van der Waals surface area contributed by atoms with Crippen LogP contribution in [0, 0.1) is 0 Å².